The Morgan fingerprint density at radius 2 is 2.04 bits per heavy atom. The first-order valence-electron chi connectivity index (χ1n) is 7.95. The molecule has 1 atom stereocenters. The van der Waals surface area contributed by atoms with Gasteiger partial charge in [0.1, 0.15) is 17.4 Å². The van der Waals surface area contributed by atoms with Crippen molar-refractivity contribution in [2.75, 3.05) is 6.61 Å². The van der Waals surface area contributed by atoms with Crippen LogP contribution in [-0.4, -0.2) is 12.5 Å². The van der Waals surface area contributed by atoms with E-state index in [-0.39, 0.29) is 11.6 Å². The minimum absolute atomic E-state index is 0.0545. The predicted octanol–water partition coefficient (Wildman–Crippen LogP) is 4.63. The topological polar surface area (TPSA) is 62.1 Å². The summed E-state index contributed by atoms with van der Waals surface area (Å²) in [6, 6.07) is 16.8. The maximum atomic E-state index is 12.4. The average molecular weight is 399 g/mol. The monoisotopic (exact) mass is 398 g/mol. The number of nitrogens with zero attached hydrogens (tertiary/aromatic N) is 1. The van der Waals surface area contributed by atoms with Crippen molar-refractivity contribution in [2.24, 2.45) is 0 Å². The largest absolute Gasteiger partial charge is 0.493 e. The van der Waals surface area contributed by atoms with Crippen LogP contribution in [0.25, 0.3) is 6.08 Å². The third-order valence-electron chi connectivity index (χ3n) is 3.58. The highest BCUT2D eigenvalue weighted by Gasteiger charge is 2.14. The molecule has 0 aliphatic rings. The summed E-state index contributed by atoms with van der Waals surface area (Å²) in [5.74, 6) is 0.323. The van der Waals surface area contributed by atoms with Gasteiger partial charge in [-0.1, -0.05) is 36.4 Å². The van der Waals surface area contributed by atoms with E-state index in [1.807, 2.05) is 56.3 Å². The minimum Gasteiger partial charge on any atom is -0.493 e. The lowest BCUT2D eigenvalue weighted by molar-refractivity contribution is -0.117. The Morgan fingerprint density at radius 1 is 1.32 bits per heavy atom. The van der Waals surface area contributed by atoms with Crippen molar-refractivity contribution in [3.8, 4) is 11.8 Å². The van der Waals surface area contributed by atoms with Crippen LogP contribution in [0.1, 0.15) is 31.0 Å². The molecule has 2 aromatic carbocycles. The molecule has 5 heteroatoms. The smallest absolute Gasteiger partial charge is 0.262 e. The fourth-order valence-corrected chi connectivity index (χ4v) is 2.81. The molecule has 2 aromatic rings. The number of amides is 1. The van der Waals surface area contributed by atoms with Gasteiger partial charge in [0, 0.05) is 0 Å². The fourth-order valence-electron chi connectivity index (χ4n) is 2.29. The van der Waals surface area contributed by atoms with Crippen molar-refractivity contribution >= 4 is 27.9 Å². The Kier molecular flexibility index (Phi) is 6.79. The molecule has 4 nitrogen and oxygen atoms in total. The summed E-state index contributed by atoms with van der Waals surface area (Å²) in [7, 11) is 0. The quantitative estimate of drug-likeness (QED) is 0.569. The van der Waals surface area contributed by atoms with E-state index in [4.69, 9.17) is 4.74 Å². The highest BCUT2D eigenvalue weighted by molar-refractivity contribution is 9.10. The molecule has 0 heterocycles. The second-order valence-electron chi connectivity index (χ2n) is 5.40. The lowest BCUT2D eigenvalue weighted by atomic mass is 10.1. The molecule has 25 heavy (non-hydrogen) atoms. The van der Waals surface area contributed by atoms with Crippen molar-refractivity contribution in [2.45, 2.75) is 19.9 Å². The molecule has 0 saturated heterocycles. The lowest BCUT2D eigenvalue weighted by Gasteiger charge is -2.13. The van der Waals surface area contributed by atoms with Crippen LogP contribution >= 0.6 is 15.9 Å². The van der Waals surface area contributed by atoms with Gasteiger partial charge < -0.3 is 10.1 Å². The first-order valence-corrected chi connectivity index (χ1v) is 8.74. The maximum Gasteiger partial charge on any atom is 0.262 e. The molecule has 1 amide bonds. The van der Waals surface area contributed by atoms with Crippen LogP contribution in [0.4, 0.5) is 0 Å². The number of hydrogen-bond acceptors (Lipinski definition) is 3. The zero-order valence-electron chi connectivity index (χ0n) is 14.1. The van der Waals surface area contributed by atoms with Crippen LogP contribution in [0.5, 0.6) is 5.75 Å². The molecule has 0 aliphatic carbocycles. The summed E-state index contributed by atoms with van der Waals surface area (Å²) in [5, 5.41) is 12.2. The zero-order chi connectivity index (χ0) is 18.2. The van der Waals surface area contributed by atoms with E-state index in [0.717, 1.165) is 21.3 Å². The lowest BCUT2D eigenvalue weighted by Crippen LogP contribution is -2.27. The Hall–Kier alpha value is -2.58. The van der Waals surface area contributed by atoms with Crippen molar-refractivity contribution in [1.82, 2.24) is 5.32 Å². The third kappa shape index (κ3) is 5.20. The SMILES string of the molecule is CCOc1ccc(/C=C(/C#N)C(=O)N[C@@H](C)c2ccccc2)cc1Br. The van der Waals surface area contributed by atoms with E-state index < -0.39 is 5.91 Å². The van der Waals surface area contributed by atoms with Crippen molar-refractivity contribution in [3.05, 3.63) is 69.7 Å². The molecular formula is C20H19BrN2O2. The summed E-state index contributed by atoms with van der Waals surface area (Å²) in [5.41, 5.74) is 1.78. The molecule has 0 aromatic heterocycles. The summed E-state index contributed by atoms with van der Waals surface area (Å²) in [6.45, 7) is 4.36. The molecule has 0 unspecified atom stereocenters. The molecule has 128 valence electrons. The number of halogens is 1. The molecule has 0 spiro atoms. The summed E-state index contributed by atoms with van der Waals surface area (Å²) in [4.78, 5) is 12.4. The van der Waals surface area contributed by atoms with E-state index in [1.54, 1.807) is 18.2 Å². The molecule has 1 N–H and O–H groups in total. The standard InChI is InChI=1S/C20H19BrN2O2/c1-3-25-19-10-9-15(12-18(19)21)11-17(13-22)20(24)23-14(2)16-7-5-4-6-8-16/h4-12,14H,3H2,1-2H3,(H,23,24)/b17-11-/t14-/m0/s1. The van der Waals surface area contributed by atoms with Gasteiger partial charge in [0.15, 0.2) is 0 Å². The number of nitrogens with one attached hydrogen (secondary N) is 1. The Bertz CT molecular complexity index is 810. The number of ether oxygens (including phenoxy) is 1. The van der Waals surface area contributed by atoms with Gasteiger partial charge in [-0.25, -0.2) is 0 Å². The molecule has 0 saturated carbocycles. The van der Waals surface area contributed by atoms with Crippen LogP contribution in [0.2, 0.25) is 0 Å². The molecule has 0 bridgehead atoms. The normalized spacial score (nSPS) is 12.2. The molecule has 0 radical (unpaired) electrons. The van der Waals surface area contributed by atoms with Crippen molar-refractivity contribution in [1.29, 1.82) is 5.26 Å². The summed E-state index contributed by atoms with van der Waals surface area (Å²) < 4.78 is 6.24. The Morgan fingerprint density at radius 3 is 2.64 bits per heavy atom. The number of nitriles is 1. The van der Waals surface area contributed by atoms with Crippen LogP contribution < -0.4 is 10.1 Å². The van der Waals surface area contributed by atoms with Gasteiger partial charge in [-0.3, -0.25) is 4.79 Å². The van der Waals surface area contributed by atoms with Crippen molar-refractivity contribution < 1.29 is 9.53 Å². The number of rotatable bonds is 6. The van der Waals surface area contributed by atoms with Crippen LogP contribution in [0.15, 0.2) is 58.6 Å². The number of hydrogen-bond donors (Lipinski definition) is 1. The summed E-state index contributed by atoms with van der Waals surface area (Å²) >= 11 is 3.43. The number of carbonyl (C=O) groups is 1. The highest BCUT2D eigenvalue weighted by atomic mass is 79.9. The predicted molar refractivity (Wildman–Crippen MR) is 102 cm³/mol. The van der Waals surface area contributed by atoms with Gasteiger partial charge in [0.05, 0.1) is 17.1 Å². The summed E-state index contributed by atoms with van der Waals surface area (Å²) in [6.07, 6.45) is 1.56. The van der Waals surface area contributed by atoms with E-state index in [2.05, 4.69) is 21.2 Å². The van der Waals surface area contributed by atoms with Gasteiger partial charge in [0.25, 0.3) is 5.91 Å². The van der Waals surface area contributed by atoms with Crippen LogP contribution in [0, 0.1) is 11.3 Å². The number of carbonyl (C=O) groups excluding carboxylic acids is 1. The highest BCUT2D eigenvalue weighted by Crippen LogP contribution is 2.27. The fraction of sp³-hybridized carbons (Fsp3) is 0.200. The van der Waals surface area contributed by atoms with Crippen LogP contribution in [-0.2, 0) is 4.79 Å². The van der Waals surface area contributed by atoms with E-state index in [0.29, 0.717) is 6.61 Å². The van der Waals surface area contributed by atoms with Crippen molar-refractivity contribution in [3.63, 3.8) is 0 Å². The second-order valence-corrected chi connectivity index (χ2v) is 6.25. The average Bonchev–Trinajstić information content (AvgIpc) is 2.62. The maximum absolute atomic E-state index is 12.4. The molecular weight excluding hydrogens is 380 g/mol. The Balaban J connectivity index is 2.15. The number of benzene rings is 2. The third-order valence-corrected chi connectivity index (χ3v) is 4.20. The van der Waals surface area contributed by atoms with Gasteiger partial charge in [-0.05, 0) is 59.1 Å². The van der Waals surface area contributed by atoms with Crippen LogP contribution in [0.3, 0.4) is 0 Å². The minimum atomic E-state index is -0.399. The van der Waals surface area contributed by atoms with Gasteiger partial charge in [-0.15, -0.1) is 0 Å². The van der Waals surface area contributed by atoms with E-state index in [1.165, 1.54) is 0 Å². The van der Waals surface area contributed by atoms with Gasteiger partial charge in [-0.2, -0.15) is 5.26 Å². The first kappa shape index (κ1) is 18.8. The van der Waals surface area contributed by atoms with E-state index >= 15 is 0 Å². The molecule has 2 rings (SSSR count). The van der Waals surface area contributed by atoms with Gasteiger partial charge in [0.2, 0.25) is 0 Å². The first-order chi connectivity index (χ1) is 12.0. The Labute approximate surface area is 156 Å². The molecule has 0 aliphatic heterocycles. The second kappa shape index (κ2) is 9.05. The van der Waals surface area contributed by atoms with Gasteiger partial charge >= 0.3 is 0 Å². The molecule has 0 fully saturated rings. The van der Waals surface area contributed by atoms with E-state index in [9.17, 15) is 10.1 Å². The zero-order valence-corrected chi connectivity index (χ0v) is 15.7.